The van der Waals surface area contributed by atoms with Crippen molar-refractivity contribution in [1.82, 2.24) is 9.97 Å². The van der Waals surface area contributed by atoms with E-state index in [-0.39, 0.29) is 1.43 Å². The second-order valence-electron chi connectivity index (χ2n) is 4.01. The Morgan fingerprint density at radius 3 is 2.59 bits per heavy atom. The van der Waals surface area contributed by atoms with E-state index < -0.39 is 0 Å². The fourth-order valence-electron chi connectivity index (χ4n) is 2.04. The fourth-order valence-corrected chi connectivity index (χ4v) is 2.04. The number of nitrogens with zero attached hydrogens (tertiary/aromatic N) is 1. The van der Waals surface area contributed by atoms with Gasteiger partial charge in [-0.1, -0.05) is 43.7 Å². The van der Waals surface area contributed by atoms with Gasteiger partial charge in [0.15, 0.2) is 0 Å². The third kappa shape index (κ3) is 2.03. The smallest absolute Gasteiger partial charge is 0.104 e. The molecule has 0 radical (unpaired) electrons. The minimum atomic E-state index is 0. The minimum absolute atomic E-state index is 0. The Balaban J connectivity index is 0.000000516. The summed E-state index contributed by atoms with van der Waals surface area (Å²) in [5.74, 6) is 0.970. The highest BCUT2D eigenvalue weighted by atomic mass is 14.9. The van der Waals surface area contributed by atoms with Crippen LogP contribution in [0.25, 0.3) is 21.8 Å². The Kier molecular flexibility index (Phi) is 3.14. The number of aromatic nitrogens is 2. The first kappa shape index (κ1) is 11.6. The van der Waals surface area contributed by atoms with Gasteiger partial charge in [0.2, 0.25) is 0 Å². The van der Waals surface area contributed by atoms with E-state index >= 15 is 0 Å². The number of hydrogen-bond acceptors (Lipinski definition) is 1. The van der Waals surface area contributed by atoms with Crippen LogP contribution in [-0.2, 0) is 0 Å². The Hall–Kier alpha value is -1.83. The van der Waals surface area contributed by atoms with Gasteiger partial charge in [0, 0.05) is 6.81 Å². The lowest BCUT2D eigenvalue weighted by Crippen LogP contribution is -1.77. The summed E-state index contributed by atoms with van der Waals surface area (Å²) in [7, 11) is 0. The summed E-state index contributed by atoms with van der Waals surface area (Å²) in [5, 5.41) is 2.48. The molecule has 90 valence electrons. The summed E-state index contributed by atoms with van der Waals surface area (Å²) in [6.07, 6.45) is 0. The van der Waals surface area contributed by atoms with E-state index in [1.807, 2.05) is 20.8 Å². The van der Waals surface area contributed by atoms with Crippen LogP contribution in [0.2, 0.25) is 0 Å². The van der Waals surface area contributed by atoms with Crippen LogP contribution in [0, 0.1) is 13.8 Å². The topological polar surface area (TPSA) is 28.7 Å². The number of aryl methyl sites for hydroxylation is 2. The van der Waals surface area contributed by atoms with Crippen molar-refractivity contribution < 1.29 is 1.43 Å². The Labute approximate surface area is 103 Å². The summed E-state index contributed by atoms with van der Waals surface area (Å²) in [6, 6.07) is 10.7. The molecule has 0 saturated heterocycles. The minimum Gasteiger partial charge on any atom is -0.342 e. The van der Waals surface area contributed by atoms with E-state index in [0.717, 1.165) is 16.9 Å². The highest BCUT2D eigenvalue weighted by Crippen LogP contribution is 2.24. The molecule has 2 heteroatoms. The molecule has 0 saturated carbocycles. The lowest BCUT2D eigenvalue weighted by atomic mass is 10.1. The summed E-state index contributed by atoms with van der Waals surface area (Å²) in [4.78, 5) is 7.77. The molecule has 0 atom stereocenters. The van der Waals surface area contributed by atoms with E-state index in [1.165, 1.54) is 16.3 Å². The molecule has 0 aliphatic carbocycles. The molecule has 0 aliphatic rings. The Morgan fingerprint density at radius 1 is 1.06 bits per heavy atom. The van der Waals surface area contributed by atoms with E-state index in [4.69, 9.17) is 0 Å². The van der Waals surface area contributed by atoms with Crippen molar-refractivity contribution in [3.8, 4) is 0 Å². The first-order valence-corrected chi connectivity index (χ1v) is 6.10. The van der Waals surface area contributed by atoms with E-state index in [0.29, 0.717) is 0 Å². The standard InChI is InChI=1S/C13H12N2.C2H6.H2/c1-8-3-5-11-10(7-8)4-6-12-13(11)15-9(2)14-12;1-2;/h3-7H,1-2H3,(H,14,15);1-2H3;1H. The first-order valence-electron chi connectivity index (χ1n) is 6.10. The van der Waals surface area contributed by atoms with Gasteiger partial charge in [0.1, 0.15) is 5.82 Å². The molecule has 1 aromatic heterocycles. The molecule has 0 aliphatic heterocycles. The average molecular weight is 228 g/mol. The van der Waals surface area contributed by atoms with Crippen LogP contribution in [0.15, 0.2) is 30.3 Å². The van der Waals surface area contributed by atoms with Crippen LogP contribution in [-0.4, -0.2) is 9.97 Å². The highest BCUT2D eigenvalue weighted by Gasteiger charge is 2.03. The molecule has 2 aromatic carbocycles. The van der Waals surface area contributed by atoms with Gasteiger partial charge in [-0.3, -0.25) is 0 Å². The van der Waals surface area contributed by atoms with Gasteiger partial charge in [0.25, 0.3) is 0 Å². The van der Waals surface area contributed by atoms with Crippen molar-refractivity contribution in [3.05, 3.63) is 41.7 Å². The maximum atomic E-state index is 4.52. The van der Waals surface area contributed by atoms with Gasteiger partial charge >= 0.3 is 0 Å². The van der Waals surface area contributed by atoms with Gasteiger partial charge in [-0.15, -0.1) is 0 Å². The number of fused-ring (bicyclic) bond motifs is 3. The third-order valence-corrected chi connectivity index (χ3v) is 2.74. The van der Waals surface area contributed by atoms with E-state index in [2.05, 4.69) is 47.2 Å². The van der Waals surface area contributed by atoms with Gasteiger partial charge in [-0.25, -0.2) is 4.98 Å². The molecule has 2 nitrogen and oxygen atoms in total. The summed E-state index contributed by atoms with van der Waals surface area (Å²) < 4.78 is 0. The second-order valence-corrected chi connectivity index (χ2v) is 4.01. The largest absolute Gasteiger partial charge is 0.342 e. The van der Waals surface area contributed by atoms with Gasteiger partial charge in [-0.2, -0.15) is 0 Å². The zero-order valence-corrected chi connectivity index (χ0v) is 10.8. The molecular weight excluding hydrogens is 208 g/mol. The monoisotopic (exact) mass is 228 g/mol. The summed E-state index contributed by atoms with van der Waals surface area (Å²) in [6.45, 7) is 8.10. The molecule has 0 amide bonds. The number of rotatable bonds is 0. The maximum Gasteiger partial charge on any atom is 0.104 e. The molecule has 3 rings (SSSR count). The van der Waals surface area contributed by atoms with Crippen LogP contribution < -0.4 is 0 Å². The van der Waals surface area contributed by atoms with E-state index in [1.54, 1.807) is 0 Å². The molecular formula is C15H20N2. The van der Waals surface area contributed by atoms with Crippen LogP contribution in [0.3, 0.4) is 0 Å². The lowest BCUT2D eigenvalue weighted by molar-refractivity contribution is 1.17. The van der Waals surface area contributed by atoms with Crippen LogP contribution in [0.1, 0.15) is 26.7 Å². The molecule has 1 N–H and O–H groups in total. The normalized spacial score (nSPS) is 10.4. The van der Waals surface area contributed by atoms with E-state index in [9.17, 15) is 0 Å². The Morgan fingerprint density at radius 2 is 1.82 bits per heavy atom. The van der Waals surface area contributed by atoms with Crippen molar-refractivity contribution in [3.63, 3.8) is 0 Å². The molecule has 0 fully saturated rings. The average Bonchev–Trinajstić information content (AvgIpc) is 2.72. The predicted molar refractivity (Wildman–Crippen MR) is 76.5 cm³/mol. The van der Waals surface area contributed by atoms with Gasteiger partial charge < -0.3 is 4.98 Å². The van der Waals surface area contributed by atoms with Crippen molar-refractivity contribution >= 4 is 21.8 Å². The third-order valence-electron chi connectivity index (χ3n) is 2.74. The van der Waals surface area contributed by atoms with Crippen molar-refractivity contribution in [1.29, 1.82) is 0 Å². The maximum absolute atomic E-state index is 4.52. The zero-order chi connectivity index (χ0) is 12.4. The molecule has 17 heavy (non-hydrogen) atoms. The number of benzene rings is 2. The van der Waals surface area contributed by atoms with Crippen LogP contribution >= 0.6 is 0 Å². The van der Waals surface area contributed by atoms with Gasteiger partial charge in [-0.05, 0) is 25.3 Å². The van der Waals surface area contributed by atoms with Gasteiger partial charge in [0.05, 0.1) is 11.0 Å². The molecule has 0 unspecified atom stereocenters. The van der Waals surface area contributed by atoms with Crippen LogP contribution in [0.4, 0.5) is 0 Å². The Bertz CT molecular complexity index is 656. The zero-order valence-electron chi connectivity index (χ0n) is 10.8. The number of hydrogen-bond donors (Lipinski definition) is 1. The number of aromatic amines is 1. The first-order chi connectivity index (χ1) is 8.24. The molecule has 3 aromatic rings. The van der Waals surface area contributed by atoms with Crippen molar-refractivity contribution in [2.75, 3.05) is 0 Å². The molecule has 1 heterocycles. The second kappa shape index (κ2) is 4.58. The molecule has 0 bridgehead atoms. The number of nitrogens with one attached hydrogen (secondary N) is 1. The van der Waals surface area contributed by atoms with Crippen molar-refractivity contribution in [2.24, 2.45) is 0 Å². The summed E-state index contributed by atoms with van der Waals surface area (Å²) in [5.41, 5.74) is 3.47. The quantitative estimate of drug-likeness (QED) is 0.598. The van der Waals surface area contributed by atoms with Crippen molar-refractivity contribution in [2.45, 2.75) is 27.7 Å². The number of H-pyrrole nitrogens is 1. The lowest BCUT2D eigenvalue weighted by Gasteiger charge is -1.99. The summed E-state index contributed by atoms with van der Waals surface area (Å²) >= 11 is 0. The molecule has 0 spiro atoms. The fraction of sp³-hybridized carbons (Fsp3) is 0.267. The number of imidazole rings is 1. The van der Waals surface area contributed by atoms with Crippen LogP contribution in [0.5, 0.6) is 0 Å². The SMILES string of the molecule is CC.Cc1ccc2c(ccc3[nH]c(C)nc32)c1.[HH]. The predicted octanol–water partition coefficient (Wildman–Crippen LogP) is 4.61. The highest BCUT2D eigenvalue weighted by molar-refractivity contribution is 6.04.